The van der Waals surface area contributed by atoms with Gasteiger partial charge in [-0.05, 0) is 56.0 Å². The number of hydrogen-bond donors (Lipinski definition) is 0. The van der Waals surface area contributed by atoms with Crippen molar-refractivity contribution >= 4 is 0 Å². The van der Waals surface area contributed by atoms with Crippen molar-refractivity contribution in [3.63, 3.8) is 0 Å². The fourth-order valence-corrected chi connectivity index (χ4v) is 3.57. The highest BCUT2D eigenvalue weighted by atomic mass is 16.5. The van der Waals surface area contributed by atoms with Crippen molar-refractivity contribution in [1.29, 1.82) is 0 Å². The standard InChI is InChI=1S/C15H21NO2/c1-15-6-4-7-16(15)8-5-11-9-13(17-2)14(18-3)10-12(11)15/h9-10H,4-8H2,1-3H3. The second kappa shape index (κ2) is 4.16. The molecule has 0 amide bonds. The molecular formula is C15H21NO2. The van der Waals surface area contributed by atoms with Crippen LogP contribution < -0.4 is 9.47 Å². The molecular weight excluding hydrogens is 226 g/mol. The van der Waals surface area contributed by atoms with Gasteiger partial charge in [0.25, 0.3) is 0 Å². The number of ether oxygens (including phenoxy) is 2. The molecule has 0 aromatic heterocycles. The molecule has 3 heteroatoms. The van der Waals surface area contributed by atoms with Crippen LogP contribution in [0.25, 0.3) is 0 Å². The number of methoxy groups -OCH3 is 2. The maximum absolute atomic E-state index is 5.45. The van der Waals surface area contributed by atoms with Crippen LogP contribution in [0.5, 0.6) is 11.5 Å². The van der Waals surface area contributed by atoms with Gasteiger partial charge in [0.05, 0.1) is 14.2 Å². The van der Waals surface area contributed by atoms with Crippen LogP contribution in [0.1, 0.15) is 30.9 Å². The fraction of sp³-hybridized carbons (Fsp3) is 0.600. The number of fused-ring (bicyclic) bond motifs is 3. The molecule has 1 unspecified atom stereocenters. The van der Waals surface area contributed by atoms with Gasteiger partial charge in [-0.15, -0.1) is 0 Å². The molecule has 0 spiro atoms. The molecule has 0 bridgehead atoms. The quantitative estimate of drug-likeness (QED) is 0.801. The highest BCUT2D eigenvalue weighted by Gasteiger charge is 2.42. The lowest BCUT2D eigenvalue weighted by Gasteiger charge is -2.41. The zero-order valence-corrected chi connectivity index (χ0v) is 11.5. The molecule has 3 nitrogen and oxygen atoms in total. The third-order valence-electron chi connectivity index (χ3n) is 4.63. The van der Waals surface area contributed by atoms with E-state index < -0.39 is 0 Å². The van der Waals surface area contributed by atoms with Gasteiger partial charge in [0.15, 0.2) is 11.5 Å². The molecule has 0 saturated carbocycles. The van der Waals surface area contributed by atoms with Gasteiger partial charge in [-0.2, -0.15) is 0 Å². The van der Waals surface area contributed by atoms with Crippen LogP contribution in [-0.2, 0) is 12.0 Å². The Labute approximate surface area is 109 Å². The molecule has 2 aliphatic heterocycles. The topological polar surface area (TPSA) is 21.7 Å². The molecule has 1 aromatic rings. The van der Waals surface area contributed by atoms with Crippen LogP contribution in [0, 0.1) is 0 Å². The number of rotatable bonds is 2. The average Bonchev–Trinajstić information content (AvgIpc) is 2.79. The molecule has 1 aromatic carbocycles. The van der Waals surface area contributed by atoms with Gasteiger partial charge in [0, 0.05) is 12.1 Å². The van der Waals surface area contributed by atoms with E-state index in [2.05, 4.69) is 24.0 Å². The highest BCUT2D eigenvalue weighted by molar-refractivity contribution is 5.51. The Kier molecular flexibility index (Phi) is 2.74. The number of benzene rings is 1. The van der Waals surface area contributed by atoms with Gasteiger partial charge in [-0.3, -0.25) is 4.90 Å². The van der Waals surface area contributed by atoms with Crippen molar-refractivity contribution in [3.05, 3.63) is 23.3 Å². The summed E-state index contributed by atoms with van der Waals surface area (Å²) in [4.78, 5) is 2.61. The molecule has 0 N–H and O–H groups in total. The molecule has 98 valence electrons. The molecule has 1 fully saturated rings. The third kappa shape index (κ3) is 1.53. The third-order valence-corrected chi connectivity index (χ3v) is 4.63. The van der Waals surface area contributed by atoms with Gasteiger partial charge in [0.1, 0.15) is 0 Å². The molecule has 2 aliphatic rings. The Balaban J connectivity index is 2.13. The van der Waals surface area contributed by atoms with Gasteiger partial charge in [-0.25, -0.2) is 0 Å². The Morgan fingerprint density at radius 2 is 1.83 bits per heavy atom. The summed E-state index contributed by atoms with van der Waals surface area (Å²) in [7, 11) is 3.42. The van der Waals surface area contributed by atoms with E-state index in [9.17, 15) is 0 Å². The minimum atomic E-state index is 0.202. The van der Waals surface area contributed by atoms with Crippen LogP contribution in [0.15, 0.2) is 12.1 Å². The average molecular weight is 247 g/mol. The van der Waals surface area contributed by atoms with Crippen molar-refractivity contribution in [2.75, 3.05) is 27.3 Å². The minimum Gasteiger partial charge on any atom is -0.493 e. The predicted molar refractivity (Wildman–Crippen MR) is 71.4 cm³/mol. The Hall–Kier alpha value is -1.22. The van der Waals surface area contributed by atoms with E-state index in [1.807, 2.05) is 0 Å². The highest BCUT2D eigenvalue weighted by Crippen LogP contribution is 2.46. The van der Waals surface area contributed by atoms with E-state index in [1.165, 1.54) is 37.1 Å². The molecule has 0 radical (unpaired) electrons. The van der Waals surface area contributed by atoms with E-state index in [0.29, 0.717) is 0 Å². The summed E-state index contributed by atoms with van der Waals surface area (Å²) in [6.45, 7) is 4.76. The summed E-state index contributed by atoms with van der Waals surface area (Å²) in [6, 6.07) is 4.35. The Morgan fingerprint density at radius 3 is 2.56 bits per heavy atom. The van der Waals surface area contributed by atoms with Crippen LogP contribution in [-0.4, -0.2) is 32.2 Å². The maximum atomic E-state index is 5.45. The van der Waals surface area contributed by atoms with Crippen LogP contribution in [0.2, 0.25) is 0 Å². The van der Waals surface area contributed by atoms with Gasteiger partial charge in [-0.1, -0.05) is 0 Å². The summed E-state index contributed by atoms with van der Waals surface area (Å²) in [6.07, 6.45) is 3.66. The van der Waals surface area contributed by atoms with Gasteiger partial charge >= 0.3 is 0 Å². The van der Waals surface area contributed by atoms with E-state index in [-0.39, 0.29) is 5.54 Å². The Morgan fingerprint density at radius 1 is 1.11 bits per heavy atom. The smallest absolute Gasteiger partial charge is 0.161 e. The largest absolute Gasteiger partial charge is 0.493 e. The number of hydrogen-bond acceptors (Lipinski definition) is 3. The van der Waals surface area contributed by atoms with E-state index >= 15 is 0 Å². The molecule has 18 heavy (non-hydrogen) atoms. The lowest BCUT2D eigenvalue weighted by molar-refractivity contribution is 0.142. The lowest BCUT2D eigenvalue weighted by atomic mass is 9.81. The SMILES string of the molecule is COc1cc2c(cc1OC)C1(C)CCCN1CC2. The van der Waals surface area contributed by atoms with Crippen LogP contribution in [0.4, 0.5) is 0 Å². The summed E-state index contributed by atoms with van der Waals surface area (Å²) in [5, 5.41) is 0. The molecule has 1 atom stereocenters. The van der Waals surface area contributed by atoms with Crippen LogP contribution in [0.3, 0.4) is 0 Å². The van der Waals surface area contributed by atoms with Crippen molar-refractivity contribution in [2.24, 2.45) is 0 Å². The lowest BCUT2D eigenvalue weighted by Crippen LogP contribution is -2.44. The summed E-state index contributed by atoms with van der Waals surface area (Å²) >= 11 is 0. The first kappa shape index (κ1) is 11.8. The van der Waals surface area contributed by atoms with Crippen molar-refractivity contribution in [3.8, 4) is 11.5 Å². The van der Waals surface area contributed by atoms with Crippen molar-refractivity contribution in [1.82, 2.24) is 4.90 Å². The van der Waals surface area contributed by atoms with Gasteiger partial charge in [0.2, 0.25) is 0 Å². The molecule has 3 rings (SSSR count). The van der Waals surface area contributed by atoms with E-state index in [1.54, 1.807) is 14.2 Å². The predicted octanol–water partition coefficient (Wildman–Crippen LogP) is 2.57. The zero-order valence-electron chi connectivity index (χ0n) is 11.5. The first-order chi connectivity index (χ1) is 8.69. The first-order valence-corrected chi connectivity index (χ1v) is 6.69. The van der Waals surface area contributed by atoms with Gasteiger partial charge < -0.3 is 9.47 Å². The van der Waals surface area contributed by atoms with Crippen molar-refractivity contribution in [2.45, 2.75) is 31.7 Å². The fourth-order valence-electron chi connectivity index (χ4n) is 3.57. The second-order valence-electron chi connectivity index (χ2n) is 5.48. The molecule has 2 heterocycles. The summed E-state index contributed by atoms with van der Waals surface area (Å²) < 4.78 is 10.9. The Bertz CT molecular complexity index is 472. The van der Waals surface area contributed by atoms with E-state index in [0.717, 1.165) is 17.9 Å². The summed E-state index contributed by atoms with van der Waals surface area (Å²) in [5.41, 5.74) is 3.06. The van der Waals surface area contributed by atoms with Crippen molar-refractivity contribution < 1.29 is 9.47 Å². The normalized spacial score (nSPS) is 26.6. The molecule has 1 saturated heterocycles. The van der Waals surface area contributed by atoms with Crippen LogP contribution >= 0.6 is 0 Å². The monoisotopic (exact) mass is 247 g/mol. The maximum Gasteiger partial charge on any atom is 0.161 e. The summed E-state index contributed by atoms with van der Waals surface area (Å²) in [5.74, 6) is 1.71. The zero-order chi connectivity index (χ0) is 12.8. The first-order valence-electron chi connectivity index (χ1n) is 6.69. The number of nitrogens with zero attached hydrogens (tertiary/aromatic N) is 1. The van der Waals surface area contributed by atoms with E-state index in [4.69, 9.17) is 9.47 Å². The minimum absolute atomic E-state index is 0.202. The molecule has 0 aliphatic carbocycles. The second-order valence-corrected chi connectivity index (χ2v) is 5.48.